The second-order valence-electron chi connectivity index (χ2n) is 8.44. The Labute approximate surface area is 167 Å². The van der Waals surface area contributed by atoms with Crippen LogP contribution in [-0.2, 0) is 24.8 Å². The fourth-order valence-electron chi connectivity index (χ4n) is 4.16. The zero-order valence-corrected chi connectivity index (χ0v) is 16.8. The van der Waals surface area contributed by atoms with Crippen molar-refractivity contribution in [2.24, 2.45) is 0 Å². The third-order valence-corrected chi connectivity index (χ3v) is 5.61. The molecule has 2 aromatic rings. The van der Waals surface area contributed by atoms with Crippen LogP contribution in [0.5, 0.6) is 5.75 Å². The lowest BCUT2D eigenvalue weighted by molar-refractivity contribution is -0.272. The summed E-state index contributed by atoms with van der Waals surface area (Å²) in [5.74, 6) is -0.306. The molecule has 0 amide bonds. The molecule has 4 nitrogen and oxygen atoms in total. The molecule has 160 valence electrons. The Hall–Kier alpha value is -2.09. The molecule has 1 atom stereocenters. The lowest BCUT2D eigenvalue weighted by atomic mass is 9.74. The van der Waals surface area contributed by atoms with Gasteiger partial charge in [0.1, 0.15) is 11.6 Å². The first-order valence-corrected chi connectivity index (χ1v) is 9.63. The van der Waals surface area contributed by atoms with Crippen molar-refractivity contribution in [1.29, 1.82) is 0 Å². The number of hydrogen-bond acceptors (Lipinski definition) is 3. The lowest BCUT2D eigenvalue weighted by Crippen LogP contribution is -2.52. The number of rotatable bonds is 6. The van der Waals surface area contributed by atoms with E-state index in [-0.39, 0.29) is 11.3 Å². The van der Waals surface area contributed by atoms with Gasteiger partial charge in [-0.25, -0.2) is 4.39 Å². The molecule has 8 heteroatoms. The van der Waals surface area contributed by atoms with E-state index in [1.807, 2.05) is 0 Å². The smallest absolute Gasteiger partial charge is 0.419 e. The first-order valence-electron chi connectivity index (χ1n) is 9.63. The second-order valence-corrected chi connectivity index (χ2v) is 8.44. The highest BCUT2D eigenvalue weighted by molar-refractivity contribution is 5.39. The van der Waals surface area contributed by atoms with Gasteiger partial charge >= 0.3 is 6.18 Å². The molecule has 1 N–H and O–H groups in total. The Morgan fingerprint density at radius 1 is 1.17 bits per heavy atom. The summed E-state index contributed by atoms with van der Waals surface area (Å²) in [6, 6.07) is 3.71. The van der Waals surface area contributed by atoms with Crippen LogP contribution in [0.2, 0.25) is 0 Å². The van der Waals surface area contributed by atoms with Crippen molar-refractivity contribution >= 4 is 0 Å². The van der Waals surface area contributed by atoms with E-state index in [0.29, 0.717) is 0 Å². The molecular weight excluding hydrogens is 388 g/mol. The van der Waals surface area contributed by atoms with Crippen LogP contribution in [-0.4, -0.2) is 33.8 Å². The van der Waals surface area contributed by atoms with Crippen LogP contribution < -0.4 is 4.74 Å². The number of aryl methyl sites for hydroxylation is 2. The highest BCUT2D eigenvalue weighted by Crippen LogP contribution is 2.44. The van der Waals surface area contributed by atoms with Gasteiger partial charge in [-0.1, -0.05) is 13.8 Å². The summed E-state index contributed by atoms with van der Waals surface area (Å²) < 4.78 is 62.2. The standard InChI is InChI=1S/C21H26F4N2O2/c1-19(2,16-10-15(22)8-9-18(16)29-3)12-20(28,21(23,24)25)13-27-11-14-6-4-5-7-17(14)26-27/h8-11,28H,4-7,12-13H2,1-3H3. The Bertz CT molecular complexity index is 853. The van der Waals surface area contributed by atoms with E-state index >= 15 is 0 Å². The number of alkyl halides is 3. The van der Waals surface area contributed by atoms with E-state index in [1.54, 1.807) is 6.20 Å². The molecular formula is C21H26F4N2O2. The highest BCUT2D eigenvalue weighted by atomic mass is 19.4. The normalized spacial score (nSPS) is 17.0. The van der Waals surface area contributed by atoms with Gasteiger partial charge in [0, 0.05) is 11.8 Å². The third-order valence-electron chi connectivity index (χ3n) is 5.61. The Balaban J connectivity index is 1.94. The molecule has 1 aliphatic rings. The fourth-order valence-corrected chi connectivity index (χ4v) is 4.16. The molecule has 3 rings (SSSR count). The van der Waals surface area contributed by atoms with Gasteiger partial charge in [-0.05, 0) is 61.3 Å². The third kappa shape index (κ3) is 4.42. The molecule has 0 saturated carbocycles. The molecule has 0 spiro atoms. The predicted molar refractivity (Wildman–Crippen MR) is 100 cm³/mol. The zero-order chi connectivity index (χ0) is 21.4. The van der Waals surface area contributed by atoms with E-state index in [0.717, 1.165) is 43.0 Å². The first-order chi connectivity index (χ1) is 13.4. The summed E-state index contributed by atoms with van der Waals surface area (Å²) in [5.41, 5.74) is -2.26. The number of nitrogens with zero attached hydrogens (tertiary/aromatic N) is 2. The fraction of sp³-hybridized carbons (Fsp3) is 0.571. The average molecular weight is 414 g/mol. The SMILES string of the molecule is COc1ccc(F)cc1C(C)(C)CC(O)(Cn1cc2c(n1)CCCC2)C(F)(F)F. The van der Waals surface area contributed by atoms with Gasteiger partial charge in [-0.3, -0.25) is 4.68 Å². The van der Waals surface area contributed by atoms with E-state index in [4.69, 9.17) is 4.74 Å². The minimum absolute atomic E-state index is 0.266. The van der Waals surface area contributed by atoms with Crippen LogP contribution in [0.4, 0.5) is 17.6 Å². The molecule has 1 aromatic carbocycles. The Morgan fingerprint density at radius 3 is 2.48 bits per heavy atom. The van der Waals surface area contributed by atoms with Crippen molar-refractivity contribution in [3.63, 3.8) is 0 Å². The molecule has 0 bridgehead atoms. The summed E-state index contributed by atoms with van der Waals surface area (Å²) in [7, 11) is 1.37. The number of hydrogen-bond donors (Lipinski definition) is 1. The zero-order valence-electron chi connectivity index (χ0n) is 16.8. The average Bonchev–Trinajstić information content (AvgIpc) is 3.02. The second kappa shape index (κ2) is 7.63. The molecule has 0 fully saturated rings. The van der Waals surface area contributed by atoms with Gasteiger partial charge in [0.15, 0.2) is 5.60 Å². The number of aromatic nitrogens is 2. The van der Waals surface area contributed by atoms with Crippen molar-refractivity contribution in [3.05, 3.63) is 47.0 Å². The molecule has 29 heavy (non-hydrogen) atoms. The number of ether oxygens (including phenoxy) is 1. The van der Waals surface area contributed by atoms with Crippen molar-refractivity contribution in [2.75, 3.05) is 7.11 Å². The topological polar surface area (TPSA) is 47.3 Å². The quantitative estimate of drug-likeness (QED) is 0.705. The summed E-state index contributed by atoms with van der Waals surface area (Å²) in [6.07, 6.45) is -0.509. The van der Waals surface area contributed by atoms with E-state index in [2.05, 4.69) is 5.10 Å². The van der Waals surface area contributed by atoms with E-state index < -0.39 is 36.0 Å². The lowest BCUT2D eigenvalue weighted by Gasteiger charge is -2.38. The van der Waals surface area contributed by atoms with Crippen LogP contribution in [0, 0.1) is 5.82 Å². The highest BCUT2D eigenvalue weighted by Gasteiger charge is 2.56. The van der Waals surface area contributed by atoms with Crippen LogP contribution in [0.25, 0.3) is 0 Å². The van der Waals surface area contributed by atoms with E-state index in [9.17, 15) is 22.7 Å². The maximum absolute atomic E-state index is 14.0. The summed E-state index contributed by atoms with van der Waals surface area (Å²) >= 11 is 0. The van der Waals surface area contributed by atoms with Crippen LogP contribution >= 0.6 is 0 Å². The first kappa shape index (κ1) is 21.6. The van der Waals surface area contributed by atoms with Crippen molar-refractivity contribution in [1.82, 2.24) is 9.78 Å². The molecule has 1 aliphatic carbocycles. The number of methoxy groups -OCH3 is 1. The van der Waals surface area contributed by atoms with Crippen LogP contribution in [0.15, 0.2) is 24.4 Å². The Kier molecular flexibility index (Phi) is 5.69. The van der Waals surface area contributed by atoms with Gasteiger partial charge < -0.3 is 9.84 Å². The minimum atomic E-state index is -4.89. The molecule has 1 heterocycles. The minimum Gasteiger partial charge on any atom is -0.496 e. The van der Waals surface area contributed by atoms with Gasteiger partial charge in [0.05, 0.1) is 19.3 Å². The van der Waals surface area contributed by atoms with Crippen molar-refractivity contribution < 1.29 is 27.4 Å². The van der Waals surface area contributed by atoms with Gasteiger partial charge in [0.2, 0.25) is 0 Å². The monoisotopic (exact) mass is 414 g/mol. The predicted octanol–water partition coefficient (Wildman–Crippen LogP) is 4.57. The van der Waals surface area contributed by atoms with Crippen LogP contribution in [0.3, 0.4) is 0 Å². The van der Waals surface area contributed by atoms with Gasteiger partial charge in [0.25, 0.3) is 0 Å². The molecule has 0 aliphatic heterocycles. The number of halogens is 4. The molecule has 1 unspecified atom stereocenters. The molecule has 0 radical (unpaired) electrons. The summed E-state index contributed by atoms with van der Waals surface area (Å²) in [6.45, 7) is 2.36. The van der Waals surface area contributed by atoms with Crippen LogP contribution in [0.1, 0.15) is 49.9 Å². The Morgan fingerprint density at radius 2 is 1.86 bits per heavy atom. The number of benzene rings is 1. The largest absolute Gasteiger partial charge is 0.496 e. The molecule has 0 saturated heterocycles. The summed E-state index contributed by atoms with van der Waals surface area (Å²) in [5, 5.41) is 15.0. The maximum atomic E-state index is 14.0. The number of aliphatic hydroxyl groups is 1. The van der Waals surface area contributed by atoms with Gasteiger partial charge in [-0.15, -0.1) is 0 Å². The summed E-state index contributed by atoms with van der Waals surface area (Å²) in [4.78, 5) is 0. The van der Waals surface area contributed by atoms with Gasteiger partial charge in [-0.2, -0.15) is 18.3 Å². The number of fused-ring (bicyclic) bond motifs is 1. The van der Waals surface area contributed by atoms with E-state index in [1.165, 1.54) is 37.8 Å². The van der Waals surface area contributed by atoms with Crippen molar-refractivity contribution in [3.8, 4) is 5.75 Å². The van der Waals surface area contributed by atoms with Crippen molar-refractivity contribution in [2.45, 2.75) is 69.7 Å². The maximum Gasteiger partial charge on any atom is 0.419 e. The molecule has 1 aromatic heterocycles.